The van der Waals surface area contributed by atoms with Crippen molar-refractivity contribution in [3.05, 3.63) is 12.2 Å². The number of hydrogen-bond acceptors (Lipinski definition) is 7. The molecule has 0 spiro atoms. The van der Waals surface area contributed by atoms with Crippen molar-refractivity contribution in [3.8, 4) is 0 Å². The number of aliphatic hydroxyl groups is 3. The summed E-state index contributed by atoms with van der Waals surface area (Å²) in [5, 5.41) is 33.3. The van der Waals surface area contributed by atoms with Crippen molar-refractivity contribution in [3.63, 3.8) is 0 Å². The highest BCUT2D eigenvalue weighted by molar-refractivity contribution is 5.89. The van der Waals surface area contributed by atoms with Crippen molar-refractivity contribution in [2.75, 3.05) is 26.9 Å². The monoisotopic (exact) mass is 431 g/mol. The largest absolute Gasteiger partial charge is 0.387 e. The van der Waals surface area contributed by atoms with Crippen molar-refractivity contribution in [1.29, 1.82) is 0 Å². The van der Waals surface area contributed by atoms with Crippen molar-refractivity contribution < 1.29 is 34.4 Å². The van der Waals surface area contributed by atoms with Crippen LogP contribution in [0.25, 0.3) is 0 Å². The van der Waals surface area contributed by atoms with Crippen molar-refractivity contribution in [2.24, 2.45) is 17.3 Å². The molecule has 0 rings (SSSR count). The van der Waals surface area contributed by atoms with Crippen LogP contribution < -0.4 is 5.32 Å². The number of nitrogens with one attached hydrogen (secondary N) is 1. The van der Waals surface area contributed by atoms with E-state index in [-0.39, 0.29) is 17.7 Å². The Balaban J connectivity index is 4.69. The standard InChI is InChI=1S/C22H41NO7/c1-14(2)13-30-11-10-23-21(28)15(3)12-17(25)20(29-7)19(27)18(26)16(24)8-9-22(4,5)6/h8-9,14-16,18-20,24,26-27H,10-13H2,1-7H3,(H,23,28)/b9-8+/t15-,16-,18+,19-,20+/m1/s1. The van der Waals surface area contributed by atoms with Crippen LogP contribution in [0.1, 0.15) is 48.0 Å². The van der Waals surface area contributed by atoms with Gasteiger partial charge in [0, 0.05) is 32.6 Å². The minimum absolute atomic E-state index is 0.172. The molecule has 5 atom stereocenters. The van der Waals surface area contributed by atoms with Crippen LogP contribution >= 0.6 is 0 Å². The lowest BCUT2D eigenvalue weighted by atomic mass is 9.92. The van der Waals surface area contributed by atoms with Crippen LogP contribution in [0, 0.1) is 17.3 Å². The van der Waals surface area contributed by atoms with E-state index in [1.165, 1.54) is 13.2 Å². The predicted molar refractivity (Wildman–Crippen MR) is 115 cm³/mol. The summed E-state index contributed by atoms with van der Waals surface area (Å²) in [4.78, 5) is 24.7. The highest BCUT2D eigenvalue weighted by atomic mass is 16.5. The third kappa shape index (κ3) is 11.8. The third-order valence-electron chi connectivity index (χ3n) is 4.33. The van der Waals surface area contributed by atoms with E-state index in [1.54, 1.807) is 13.0 Å². The van der Waals surface area contributed by atoms with E-state index in [0.29, 0.717) is 25.7 Å². The number of hydrogen-bond donors (Lipinski definition) is 4. The number of Topliss-reactive ketones (excluding diaryl/α,β-unsaturated/α-hetero) is 1. The zero-order chi connectivity index (χ0) is 23.5. The molecule has 30 heavy (non-hydrogen) atoms. The van der Waals surface area contributed by atoms with E-state index in [1.807, 2.05) is 34.6 Å². The predicted octanol–water partition coefficient (Wildman–Crippen LogP) is 1.07. The van der Waals surface area contributed by atoms with Gasteiger partial charge in [0.15, 0.2) is 5.78 Å². The van der Waals surface area contributed by atoms with E-state index in [2.05, 4.69) is 5.32 Å². The van der Waals surface area contributed by atoms with E-state index in [4.69, 9.17) is 9.47 Å². The molecule has 0 bridgehead atoms. The lowest BCUT2D eigenvalue weighted by Crippen LogP contribution is -2.48. The van der Waals surface area contributed by atoms with Gasteiger partial charge in [-0.15, -0.1) is 0 Å². The molecule has 0 aliphatic rings. The van der Waals surface area contributed by atoms with Crippen LogP contribution in [0.4, 0.5) is 0 Å². The number of amides is 1. The molecule has 0 aliphatic carbocycles. The van der Waals surface area contributed by atoms with Gasteiger partial charge in [-0.25, -0.2) is 0 Å². The van der Waals surface area contributed by atoms with Crippen LogP contribution in [0.5, 0.6) is 0 Å². The molecule has 0 fully saturated rings. The first-order valence-corrected chi connectivity index (χ1v) is 10.4. The first-order valence-electron chi connectivity index (χ1n) is 10.4. The Bertz CT molecular complexity index is 542. The topological polar surface area (TPSA) is 125 Å². The second-order valence-corrected chi connectivity index (χ2v) is 9.18. The first kappa shape index (κ1) is 28.7. The van der Waals surface area contributed by atoms with Gasteiger partial charge in [0.25, 0.3) is 0 Å². The minimum Gasteiger partial charge on any atom is -0.387 e. The van der Waals surface area contributed by atoms with Gasteiger partial charge in [-0.1, -0.05) is 53.7 Å². The van der Waals surface area contributed by atoms with Crippen molar-refractivity contribution >= 4 is 11.7 Å². The van der Waals surface area contributed by atoms with Gasteiger partial charge in [-0.3, -0.25) is 9.59 Å². The van der Waals surface area contributed by atoms with Gasteiger partial charge in [0.05, 0.1) is 6.61 Å². The molecule has 176 valence electrons. The van der Waals surface area contributed by atoms with Crippen LogP contribution in [0.3, 0.4) is 0 Å². The second-order valence-electron chi connectivity index (χ2n) is 9.18. The molecule has 0 saturated carbocycles. The molecule has 0 radical (unpaired) electrons. The van der Waals surface area contributed by atoms with Crippen molar-refractivity contribution in [1.82, 2.24) is 5.32 Å². The fourth-order valence-corrected chi connectivity index (χ4v) is 2.59. The lowest BCUT2D eigenvalue weighted by molar-refractivity contribution is -0.149. The van der Waals surface area contributed by atoms with Gasteiger partial charge in [-0.2, -0.15) is 0 Å². The Hall–Kier alpha value is -1.32. The molecule has 0 aliphatic heterocycles. The van der Waals surface area contributed by atoms with Crippen LogP contribution in [0.2, 0.25) is 0 Å². The molecule has 0 unspecified atom stereocenters. The maximum absolute atomic E-state index is 12.5. The number of carbonyl (C=O) groups is 2. The fourth-order valence-electron chi connectivity index (χ4n) is 2.59. The SMILES string of the molecule is CO[C@@H](C(=O)C[C@@H](C)C(=O)NCCOCC(C)C)[C@H](O)[C@@H](O)[C@H](O)/C=C/C(C)(C)C. The van der Waals surface area contributed by atoms with Crippen LogP contribution in [-0.2, 0) is 19.1 Å². The number of rotatable bonds is 14. The maximum Gasteiger partial charge on any atom is 0.223 e. The number of ketones is 1. The van der Waals surface area contributed by atoms with Gasteiger partial charge < -0.3 is 30.1 Å². The summed E-state index contributed by atoms with van der Waals surface area (Å²) in [5.74, 6) is -1.08. The Labute approximate surface area is 180 Å². The third-order valence-corrected chi connectivity index (χ3v) is 4.33. The summed E-state index contributed by atoms with van der Waals surface area (Å²) in [6.07, 6.45) is -3.06. The normalized spacial score (nSPS) is 17.6. The Morgan fingerprint density at radius 1 is 1.07 bits per heavy atom. The zero-order valence-corrected chi connectivity index (χ0v) is 19.4. The number of ether oxygens (including phenoxy) is 2. The van der Waals surface area contributed by atoms with Gasteiger partial charge in [0.2, 0.25) is 5.91 Å². The highest BCUT2D eigenvalue weighted by Crippen LogP contribution is 2.18. The minimum atomic E-state index is -1.64. The molecule has 1 amide bonds. The summed E-state index contributed by atoms with van der Waals surface area (Å²) in [5.41, 5.74) is -0.218. The fraction of sp³-hybridized carbons (Fsp3) is 0.818. The summed E-state index contributed by atoms with van der Waals surface area (Å²) in [6, 6.07) is 0. The Morgan fingerprint density at radius 2 is 1.67 bits per heavy atom. The maximum atomic E-state index is 12.5. The number of carbonyl (C=O) groups excluding carboxylic acids is 2. The number of aliphatic hydroxyl groups excluding tert-OH is 3. The Morgan fingerprint density at radius 3 is 2.17 bits per heavy atom. The second kappa shape index (κ2) is 13.9. The van der Waals surface area contributed by atoms with Gasteiger partial charge in [0.1, 0.15) is 24.4 Å². The van der Waals surface area contributed by atoms with Crippen molar-refractivity contribution in [2.45, 2.75) is 72.4 Å². The summed E-state index contributed by atoms with van der Waals surface area (Å²) in [6.45, 7) is 12.8. The molecule has 8 nitrogen and oxygen atoms in total. The molecule has 0 heterocycles. The smallest absolute Gasteiger partial charge is 0.223 e. The Kier molecular flexibility index (Phi) is 13.3. The molecular weight excluding hydrogens is 390 g/mol. The van der Waals surface area contributed by atoms with Gasteiger partial charge in [-0.05, 0) is 11.3 Å². The first-order chi connectivity index (χ1) is 13.8. The molecule has 8 heteroatoms. The van der Waals surface area contributed by atoms with E-state index < -0.39 is 36.1 Å². The average Bonchev–Trinajstić information content (AvgIpc) is 2.64. The molecule has 0 aromatic heterocycles. The summed E-state index contributed by atoms with van der Waals surface area (Å²) >= 11 is 0. The van der Waals surface area contributed by atoms with Crippen LogP contribution in [0.15, 0.2) is 12.2 Å². The highest BCUT2D eigenvalue weighted by Gasteiger charge is 2.36. The average molecular weight is 432 g/mol. The zero-order valence-electron chi connectivity index (χ0n) is 19.4. The summed E-state index contributed by atoms with van der Waals surface area (Å²) < 4.78 is 10.5. The van der Waals surface area contributed by atoms with E-state index in [9.17, 15) is 24.9 Å². The van der Waals surface area contributed by atoms with Crippen LogP contribution in [-0.4, -0.2) is 78.3 Å². The molecule has 0 aromatic carbocycles. The van der Waals surface area contributed by atoms with Gasteiger partial charge >= 0.3 is 0 Å². The van der Waals surface area contributed by atoms with E-state index >= 15 is 0 Å². The molecule has 4 N–H and O–H groups in total. The molecule has 0 aromatic rings. The number of methoxy groups -OCH3 is 1. The quantitative estimate of drug-likeness (QED) is 0.239. The summed E-state index contributed by atoms with van der Waals surface area (Å²) in [7, 11) is 1.23. The number of allylic oxidation sites excluding steroid dienone is 1. The van der Waals surface area contributed by atoms with E-state index in [0.717, 1.165) is 0 Å². The molecular formula is C22H41NO7. The molecule has 0 saturated heterocycles. The lowest BCUT2D eigenvalue weighted by Gasteiger charge is -2.27.